The van der Waals surface area contributed by atoms with E-state index in [1.807, 2.05) is 24.3 Å². The summed E-state index contributed by atoms with van der Waals surface area (Å²) in [7, 11) is 0. The lowest BCUT2D eigenvalue weighted by Gasteiger charge is -2.03. The first-order valence-electron chi connectivity index (χ1n) is 5.47. The summed E-state index contributed by atoms with van der Waals surface area (Å²) in [5, 5.41) is 8.56. The molecule has 0 unspecified atom stereocenters. The summed E-state index contributed by atoms with van der Waals surface area (Å²) in [4.78, 5) is 0. The molecule has 0 spiro atoms. The smallest absolute Gasteiger partial charge is 0.123 e. The van der Waals surface area contributed by atoms with Gasteiger partial charge in [0.2, 0.25) is 0 Å². The van der Waals surface area contributed by atoms with Crippen molar-refractivity contribution in [2.45, 2.75) is 12.8 Å². The maximum Gasteiger partial charge on any atom is 0.123 e. The number of hydrogen-bond acceptors (Lipinski definition) is 1. The number of halogens is 1. The Bertz CT molecular complexity index is 520. The molecule has 2 heteroatoms. The Labute approximate surface area is 100 Å². The Morgan fingerprint density at radius 1 is 0.824 bits per heavy atom. The van der Waals surface area contributed by atoms with Crippen LogP contribution < -0.4 is 0 Å². The van der Waals surface area contributed by atoms with E-state index < -0.39 is 0 Å². The fourth-order valence-electron chi connectivity index (χ4n) is 1.70. The van der Waals surface area contributed by atoms with Crippen LogP contribution in [0.15, 0.2) is 48.5 Å². The molecule has 2 rings (SSSR count). The van der Waals surface area contributed by atoms with Gasteiger partial charge >= 0.3 is 0 Å². The van der Waals surface area contributed by atoms with Crippen molar-refractivity contribution >= 4 is 0 Å². The molecule has 0 saturated carbocycles. The molecule has 1 nitrogen and oxygen atoms in total. The van der Waals surface area contributed by atoms with Crippen molar-refractivity contribution < 1.29 is 4.39 Å². The van der Waals surface area contributed by atoms with Gasteiger partial charge in [-0.25, -0.2) is 4.39 Å². The van der Waals surface area contributed by atoms with Crippen LogP contribution in [0.4, 0.5) is 4.39 Å². The minimum absolute atomic E-state index is 0.210. The molecule has 0 aliphatic carbocycles. The molecule has 84 valence electrons. The average molecular weight is 225 g/mol. The second-order valence-electron chi connectivity index (χ2n) is 3.95. The van der Waals surface area contributed by atoms with Crippen LogP contribution in [0.25, 0.3) is 0 Å². The third-order valence-electron chi connectivity index (χ3n) is 2.63. The van der Waals surface area contributed by atoms with E-state index in [4.69, 9.17) is 5.26 Å². The standard InChI is InChI=1S/C15H12FN/c16-15-7-5-14(6-8-15)11-13-3-1-12(2-4-13)9-10-17/h1-8H,9,11H2. The molecule has 0 aromatic heterocycles. The van der Waals surface area contributed by atoms with E-state index in [0.717, 1.165) is 17.5 Å². The normalized spacial score (nSPS) is 9.88. The Balaban J connectivity index is 2.09. The first-order chi connectivity index (χ1) is 8.28. The average Bonchev–Trinajstić information content (AvgIpc) is 2.35. The lowest BCUT2D eigenvalue weighted by molar-refractivity contribution is 0.627. The maximum absolute atomic E-state index is 12.7. The van der Waals surface area contributed by atoms with Gasteiger partial charge in [0.25, 0.3) is 0 Å². The third kappa shape index (κ3) is 3.15. The summed E-state index contributed by atoms with van der Waals surface area (Å²) in [5.74, 6) is -0.210. The molecule has 0 atom stereocenters. The van der Waals surface area contributed by atoms with Gasteiger partial charge in [0.15, 0.2) is 0 Å². The van der Waals surface area contributed by atoms with Crippen LogP contribution in [0, 0.1) is 17.1 Å². The van der Waals surface area contributed by atoms with E-state index in [2.05, 4.69) is 6.07 Å². The van der Waals surface area contributed by atoms with Crippen LogP contribution in [0.2, 0.25) is 0 Å². The minimum atomic E-state index is -0.210. The predicted molar refractivity (Wildman–Crippen MR) is 65.0 cm³/mol. The molecule has 0 aliphatic rings. The summed E-state index contributed by atoms with van der Waals surface area (Å²) in [6.07, 6.45) is 1.23. The van der Waals surface area contributed by atoms with Crippen molar-refractivity contribution in [1.29, 1.82) is 5.26 Å². The van der Waals surface area contributed by atoms with Crippen molar-refractivity contribution in [3.05, 3.63) is 71.0 Å². The van der Waals surface area contributed by atoms with E-state index >= 15 is 0 Å². The molecular formula is C15H12FN. The van der Waals surface area contributed by atoms with Crippen molar-refractivity contribution in [3.63, 3.8) is 0 Å². The van der Waals surface area contributed by atoms with Gasteiger partial charge in [-0.15, -0.1) is 0 Å². The molecule has 0 amide bonds. The second-order valence-corrected chi connectivity index (χ2v) is 3.95. The highest BCUT2D eigenvalue weighted by Crippen LogP contribution is 2.11. The SMILES string of the molecule is N#CCc1ccc(Cc2ccc(F)cc2)cc1. The van der Waals surface area contributed by atoms with E-state index in [0.29, 0.717) is 6.42 Å². The zero-order valence-electron chi connectivity index (χ0n) is 9.36. The molecule has 0 radical (unpaired) electrons. The summed E-state index contributed by atoms with van der Waals surface area (Å²) >= 11 is 0. The van der Waals surface area contributed by atoms with Crippen molar-refractivity contribution in [2.24, 2.45) is 0 Å². The van der Waals surface area contributed by atoms with Gasteiger partial charge in [-0.3, -0.25) is 0 Å². The van der Waals surface area contributed by atoms with E-state index in [1.165, 1.54) is 17.7 Å². The largest absolute Gasteiger partial charge is 0.207 e. The first-order valence-corrected chi connectivity index (χ1v) is 5.47. The summed E-state index contributed by atoms with van der Waals surface area (Å²) in [6, 6.07) is 16.6. The molecule has 17 heavy (non-hydrogen) atoms. The van der Waals surface area contributed by atoms with Crippen LogP contribution in [0.3, 0.4) is 0 Å². The van der Waals surface area contributed by atoms with Crippen LogP contribution in [-0.2, 0) is 12.8 Å². The number of nitrogens with zero attached hydrogens (tertiary/aromatic N) is 1. The minimum Gasteiger partial charge on any atom is -0.207 e. The maximum atomic E-state index is 12.7. The van der Waals surface area contributed by atoms with Crippen LogP contribution >= 0.6 is 0 Å². The fourth-order valence-corrected chi connectivity index (χ4v) is 1.70. The van der Waals surface area contributed by atoms with Crippen LogP contribution in [0.1, 0.15) is 16.7 Å². The van der Waals surface area contributed by atoms with Gasteiger partial charge in [0.1, 0.15) is 5.82 Å². The Morgan fingerprint density at radius 3 is 1.82 bits per heavy atom. The predicted octanol–water partition coefficient (Wildman–Crippen LogP) is 3.48. The van der Waals surface area contributed by atoms with Gasteiger partial charge in [-0.05, 0) is 35.2 Å². The van der Waals surface area contributed by atoms with E-state index in [1.54, 1.807) is 12.1 Å². The quantitative estimate of drug-likeness (QED) is 0.784. The molecule has 0 N–H and O–H groups in total. The Morgan fingerprint density at radius 2 is 1.29 bits per heavy atom. The highest BCUT2D eigenvalue weighted by molar-refractivity contribution is 5.29. The molecule has 0 aliphatic heterocycles. The van der Waals surface area contributed by atoms with Crippen molar-refractivity contribution in [2.75, 3.05) is 0 Å². The fraction of sp³-hybridized carbons (Fsp3) is 0.133. The summed E-state index contributed by atoms with van der Waals surface area (Å²) in [5.41, 5.74) is 3.27. The number of nitriles is 1. The number of hydrogen-bond donors (Lipinski definition) is 0. The zero-order valence-corrected chi connectivity index (χ0v) is 9.36. The van der Waals surface area contributed by atoms with Gasteiger partial charge in [-0.2, -0.15) is 5.26 Å². The van der Waals surface area contributed by atoms with Gasteiger partial charge < -0.3 is 0 Å². The lowest BCUT2D eigenvalue weighted by Crippen LogP contribution is -1.89. The Kier molecular flexibility index (Phi) is 3.52. The number of benzene rings is 2. The second kappa shape index (κ2) is 5.27. The topological polar surface area (TPSA) is 23.8 Å². The van der Waals surface area contributed by atoms with Crippen LogP contribution in [0.5, 0.6) is 0 Å². The first kappa shape index (κ1) is 11.3. The van der Waals surface area contributed by atoms with Crippen molar-refractivity contribution in [3.8, 4) is 6.07 Å². The summed E-state index contributed by atoms with van der Waals surface area (Å²) < 4.78 is 12.7. The zero-order chi connectivity index (χ0) is 12.1. The van der Waals surface area contributed by atoms with E-state index in [-0.39, 0.29) is 5.82 Å². The molecule has 0 saturated heterocycles. The Hall–Kier alpha value is -2.14. The molecule has 0 heterocycles. The third-order valence-corrected chi connectivity index (χ3v) is 2.63. The molecule has 0 bridgehead atoms. The number of rotatable bonds is 3. The van der Waals surface area contributed by atoms with Crippen molar-refractivity contribution in [1.82, 2.24) is 0 Å². The van der Waals surface area contributed by atoms with Gasteiger partial charge in [0, 0.05) is 0 Å². The van der Waals surface area contributed by atoms with Gasteiger partial charge in [-0.1, -0.05) is 36.4 Å². The van der Waals surface area contributed by atoms with E-state index in [9.17, 15) is 4.39 Å². The van der Waals surface area contributed by atoms with Gasteiger partial charge in [0.05, 0.1) is 12.5 Å². The molecule has 2 aromatic rings. The molecule has 2 aromatic carbocycles. The summed E-state index contributed by atoms with van der Waals surface area (Å²) in [6.45, 7) is 0. The van der Waals surface area contributed by atoms with Crippen LogP contribution in [-0.4, -0.2) is 0 Å². The monoisotopic (exact) mass is 225 g/mol. The molecular weight excluding hydrogens is 213 g/mol. The highest BCUT2D eigenvalue weighted by atomic mass is 19.1. The lowest BCUT2D eigenvalue weighted by atomic mass is 10.0. The highest BCUT2D eigenvalue weighted by Gasteiger charge is 1.98. The molecule has 0 fully saturated rings.